The number of nitro groups is 1. The fourth-order valence-electron chi connectivity index (χ4n) is 2.16. The van der Waals surface area contributed by atoms with Gasteiger partial charge in [-0.3, -0.25) is 10.1 Å². The van der Waals surface area contributed by atoms with Gasteiger partial charge >= 0.3 is 5.69 Å². The predicted octanol–water partition coefficient (Wildman–Crippen LogP) is 2.21. The van der Waals surface area contributed by atoms with Gasteiger partial charge in [0.1, 0.15) is 5.69 Å². The molecular weight excluding hydrogens is 316 g/mol. The molecule has 1 aliphatic heterocycles. The number of ether oxygens (including phenoxy) is 2. The molecule has 6 nitrogen and oxygen atoms in total. The fraction of sp³-hybridized carbons (Fsp3) is 0.500. The van der Waals surface area contributed by atoms with Gasteiger partial charge in [0, 0.05) is 20.2 Å². The van der Waals surface area contributed by atoms with Crippen molar-refractivity contribution in [1.82, 2.24) is 0 Å². The van der Waals surface area contributed by atoms with Crippen molar-refractivity contribution in [3.8, 4) is 0 Å². The van der Waals surface area contributed by atoms with E-state index in [1.807, 2.05) is 4.90 Å². The molecule has 2 rings (SSSR count). The first-order valence-corrected chi connectivity index (χ1v) is 6.71. The van der Waals surface area contributed by atoms with Crippen LogP contribution in [0.15, 0.2) is 22.7 Å². The Bertz CT molecular complexity index is 467. The summed E-state index contributed by atoms with van der Waals surface area (Å²) in [6, 6.07) is 5.24. The monoisotopic (exact) mass is 330 g/mol. The summed E-state index contributed by atoms with van der Waals surface area (Å²) in [5, 5.41) is 11.2. The van der Waals surface area contributed by atoms with Crippen molar-refractivity contribution in [3.63, 3.8) is 0 Å². The van der Waals surface area contributed by atoms with Crippen molar-refractivity contribution in [2.75, 3.05) is 38.3 Å². The average molecular weight is 331 g/mol. The van der Waals surface area contributed by atoms with Gasteiger partial charge < -0.3 is 14.4 Å². The van der Waals surface area contributed by atoms with E-state index < -0.39 is 0 Å². The second-order valence-corrected chi connectivity index (χ2v) is 5.11. The highest BCUT2D eigenvalue weighted by atomic mass is 79.9. The Morgan fingerprint density at radius 1 is 1.63 bits per heavy atom. The third-order valence-electron chi connectivity index (χ3n) is 2.98. The standard InChI is InChI=1S/C12H15BrN2O4/c1-18-8-9-7-14(5-6-19-9)11-4-2-3-10(13)12(11)15(16)17/h2-4,9H,5-8H2,1H3. The fourth-order valence-corrected chi connectivity index (χ4v) is 2.67. The first-order chi connectivity index (χ1) is 9.13. The van der Waals surface area contributed by atoms with Crippen molar-refractivity contribution in [2.24, 2.45) is 0 Å². The number of morpholine rings is 1. The van der Waals surface area contributed by atoms with Gasteiger partial charge in [0.25, 0.3) is 0 Å². The molecule has 0 radical (unpaired) electrons. The Kier molecular flexibility index (Phi) is 4.73. The zero-order valence-electron chi connectivity index (χ0n) is 10.5. The van der Waals surface area contributed by atoms with Crippen molar-refractivity contribution >= 4 is 27.3 Å². The Hall–Kier alpha value is -1.18. The normalized spacial score (nSPS) is 19.5. The third-order valence-corrected chi connectivity index (χ3v) is 3.62. The molecule has 0 aliphatic carbocycles. The smallest absolute Gasteiger partial charge is 0.306 e. The average Bonchev–Trinajstić information content (AvgIpc) is 2.38. The minimum Gasteiger partial charge on any atom is -0.382 e. The molecule has 0 aromatic heterocycles. The first-order valence-electron chi connectivity index (χ1n) is 5.92. The third kappa shape index (κ3) is 3.23. The van der Waals surface area contributed by atoms with Crippen LogP contribution in [0.1, 0.15) is 0 Å². The van der Waals surface area contributed by atoms with E-state index >= 15 is 0 Å². The molecule has 104 valence electrons. The summed E-state index contributed by atoms with van der Waals surface area (Å²) in [7, 11) is 1.61. The van der Waals surface area contributed by atoms with Crippen LogP contribution in [-0.2, 0) is 9.47 Å². The van der Waals surface area contributed by atoms with Crippen LogP contribution in [0.4, 0.5) is 11.4 Å². The number of halogens is 1. The number of nitro benzene ring substituents is 1. The molecule has 0 amide bonds. The number of rotatable bonds is 4. The van der Waals surface area contributed by atoms with Gasteiger partial charge in [0.05, 0.1) is 28.7 Å². The summed E-state index contributed by atoms with van der Waals surface area (Å²) in [5.41, 5.74) is 0.712. The largest absolute Gasteiger partial charge is 0.382 e. The molecule has 1 saturated heterocycles. The van der Waals surface area contributed by atoms with E-state index in [4.69, 9.17) is 9.47 Å². The Morgan fingerprint density at radius 3 is 3.11 bits per heavy atom. The van der Waals surface area contributed by atoms with E-state index in [2.05, 4.69) is 15.9 Å². The van der Waals surface area contributed by atoms with Gasteiger partial charge in [-0.25, -0.2) is 0 Å². The maximum absolute atomic E-state index is 11.2. The molecular formula is C12H15BrN2O4. The first kappa shape index (κ1) is 14.2. The van der Waals surface area contributed by atoms with Crippen molar-refractivity contribution in [2.45, 2.75) is 6.10 Å². The van der Waals surface area contributed by atoms with Gasteiger partial charge in [-0.1, -0.05) is 6.07 Å². The maximum Gasteiger partial charge on any atom is 0.306 e. The number of para-hydroxylation sites is 1. The molecule has 1 heterocycles. The van der Waals surface area contributed by atoms with E-state index in [-0.39, 0.29) is 16.7 Å². The van der Waals surface area contributed by atoms with Crippen LogP contribution in [0.2, 0.25) is 0 Å². The Balaban J connectivity index is 2.26. The summed E-state index contributed by atoms with van der Waals surface area (Å²) in [4.78, 5) is 12.8. The second-order valence-electron chi connectivity index (χ2n) is 4.26. The summed E-state index contributed by atoms with van der Waals surface area (Å²) in [5.74, 6) is 0. The van der Waals surface area contributed by atoms with E-state index in [0.717, 1.165) is 0 Å². The zero-order valence-corrected chi connectivity index (χ0v) is 12.1. The van der Waals surface area contributed by atoms with E-state index in [1.54, 1.807) is 25.3 Å². The van der Waals surface area contributed by atoms with Crippen LogP contribution >= 0.6 is 15.9 Å². The molecule has 7 heteroatoms. The topological polar surface area (TPSA) is 64.8 Å². The molecule has 0 saturated carbocycles. The molecule has 1 fully saturated rings. The van der Waals surface area contributed by atoms with Crippen LogP contribution in [0.3, 0.4) is 0 Å². The van der Waals surface area contributed by atoms with Crippen molar-refractivity contribution in [3.05, 3.63) is 32.8 Å². The van der Waals surface area contributed by atoms with Gasteiger partial charge in [0.15, 0.2) is 0 Å². The number of methoxy groups -OCH3 is 1. The highest BCUT2D eigenvalue weighted by Crippen LogP contribution is 2.35. The Labute approximate surface area is 119 Å². The summed E-state index contributed by atoms with van der Waals surface area (Å²) in [6.07, 6.45) is -0.0580. The molecule has 19 heavy (non-hydrogen) atoms. The number of anilines is 1. The molecule has 1 aromatic carbocycles. The van der Waals surface area contributed by atoms with Crippen LogP contribution in [0, 0.1) is 10.1 Å². The highest BCUT2D eigenvalue weighted by molar-refractivity contribution is 9.10. The quantitative estimate of drug-likeness (QED) is 0.625. The summed E-state index contributed by atoms with van der Waals surface area (Å²) >= 11 is 3.24. The molecule has 0 bridgehead atoms. The van der Waals surface area contributed by atoms with Crippen LogP contribution < -0.4 is 4.90 Å². The summed E-state index contributed by atoms with van der Waals surface area (Å²) in [6.45, 7) is 2.25. The van der Waals surface area contributed by atoms with Crippen molar-refractivity contribution in [1.29, 1.82) is 0 Å². The van der Waals surface area contributed by atoms with E-state index in [9.17, 15) is 10.1 Å². The minimum atomic E-state index is -0.361. The second kappa shape index (κ2) is 6.31. The molecule has 1 aromatic rings. The molecule has 1 atom stereocenters. The number of hydrogen-bond donors (Lipinski definition) is 0. The molecule has 0 spiro atoms. The molecule has 0 N–H and O–H groups in total. The molecule has 1 aliphatic rings. The Morgan fingerprint density at radius 2 is 2.42 bits per heavy atom. The van der Waals surface area contributed by atoms with E-state index in [0.29, 0.717) is 36.5 Å². The van der Waals surface area contributed by atoms with Gasteiger partial charge in [-0.2, -0.15) is 0 Å². The van der Waals surface area contributed by atoms with E-state index in [1.165, 1.54) is 0 Å². The SMILES string of the molecule is COCC1CN(c2cccc(Br)c2[N+](=O)[O-])CCO1. The van der Waals surface area contributed by atoms with Crippen LogP contribution in [0.25, 0.3) is 0 Å². The summed E-state index contributed by atoms with van der Waals surface area (Å²) < 4.78 is 11.1. The number of benzene rings is 1. The van der Waals surface area contributed by atoms with Gasteiger partial charge in [0.2, 0.25) is 0 Å². The van der Waals surface area contributed by atoms with Crippen LogP contribution in [-0.4, -0.2) is 44.4 Å². The number of nitrogens with zero attached hydrogens (tertiary/aromatic N) is 2. The predicted molar refractivity (Wildman–Crippen MR) is 74.6 cm³/mol. The van der Waals surface area contributed by atoms with Gasteiger partial charge in [-0.15, -0.1) is 0 Å². The maximum atomic E-state index is 11.2. The lowest BCUT2D eigenvalue weighted by atomic mass is 10.2. The zero-order chi connectivity index (χ0) is 13.8. The van der Waals surface area contributed by atoms with Gasteiger partial charge in [-0.05, 0) is 28.1 Å². The highest BCUT2D eigenvalue weighted by Gasteiger charge is 2.27. The minimum absolute atomic E-state index is 0.0580. The van der Waals surface area contributed by atoms with Crippen LogP contribution in [0.5, 0.6) is 0 Å². The lowest BCUT2D eigenvalue weighted by molar-refractivity contribution is -0.385. The molecule has 1 unspecified atom stereocenters. The van der Waals surface area contributed by atoms with Crippen molar-refractivity contribution < 1.29 is 14.4 Å². The lowest BCUT2D eigenvalue weighted by Gasteiger charge is -2.33. The number of hydrogen-bond acceptors (Lipinski definition) is 5. The lowest BCUT2D eigenvalue weighted by Crippen LogP contribution is -2.44.